The Hall–Kier alpha value is -2.97. The average Bonchev–Trinajstić information content (AvgIpc) is 2.82. The van der Waals surface area contributed by atoms with E-state index >= 15 is 0 Å². The van der Waals surface area contributed by atoms with E-state index in [1.807, 2.05) is 0 Å². The van der Waals surface area contributed by atoms with Crippen LogP contribution in [-0.2, 0) is 16.2 Å². The Kier molecular flexibility index (Phi) is 9.01. The molecule has 0 aliphatic carbocycles. The molecule has 34 heavy (non-hydrogen) atoms. The van der Waals surface area contributed by atoms with Crippen molar-refractivity contribution in [3.63, 3.8) is 0 Å². The molecule has 0 saturated carbocycles. The molecule has 3 rings (SSSR count). The summed E-state index contributed by atoms with van der Waals surface area (Å²) in [6.07, 6.45) is 1.34. The number of rotatable bonds is 7. The lowest BCUT2D eigenvalue weighted by molar-refractivity contribution is -0.136. The van der Waals surface area contributed by atoms with Crippen molar-refractivity contribution in [2.75, 3.05) is 12.4 Å². The van der Waals surface area contributed by atoms with E-state index in [1.165, 1.54) is 19.4 Å². The summed E-state index contributed by atoms with van der Waals surface area (Å²) in [7, 11) is 1.48. The highest BCUT2D eigenvalue weighted by atomic mass is 35.5. The van der Waals surface area contributed by atoms with Gasteiger partial charge in [0.15, 0.2) is 11.5 Å². The quantitative estimate of drug-likeness (QED) is 0.219. The zero-order valence-corrected chi connectivity index (χ0v) is 20.6. The number of carbonyl (C=O) groups excluding carboxylic acids is 2. The number of methoxy groups -OCH3 is 1. The van der Waals surface area contributed by atoms with Crippen molar-refractivity contribution in [1.82, 2.24) is 5.43 Å². The van der Waals surface area contributed by atoms with Crippen molar-refractivity contribution in [2.45, 2.75) is 6.61 Å². The number of hydrogen-bond donors (Lipinski definition) is 2. The maximum Gasteiger partial charge on any atom is 0.329 e. The number of nitrogens with one attached hydrogen (secondary N) is 2. The SMILES string of the molecule is COc1cc(/C=N/NC(=O)C(=O)Nc2cccc(Cl)c2Cl)ccc1OCc1c(Cl)cccc1Cl. The fourth-order valence-corrected chi connectivity index (χ4v) is 3.55. The van der Waals surface area contributed by atoms with E-state index < -0.39 is 11.8 Å². The zero-order chi connectivity index (χ0) is 24.7. The van der Waals surface area contributed by atoms with E-state index in [1.54, 1.807) is 48.5 Å². The standard InChI is InChI=1S/C23H17Cl4N3O4/c1-33-20-10-13(8-9-19(20)34-12-14-15(24)4-2-5-16(14)25)11-28-30-23(32)22(31)29-18-7-3-6-17(26)21(18)27/h2-11H,12H2,1H3,(H,29,31)(H,30,32)/b28-11+. The molecule has 0 unspecified atom stereocenters. The first-order valence-electron chi connectivity index (χ1n) is 9.62. The van der Waals surface area contributed by atoms with Crippen LogP contribution in [0.5, 0.6) is 11.5 Å². The molecule has 0 bridgehead atoms. The average molecular weight is 541 g/mol. The summed E-state index contributed by atoms with van der Waals surface area (Å²) in [6.45, 7) is 0.143. The van der Waals surface area contributed by atoms with Crippen LogP contribution in [0.4, 0.5) is 5.69 Å². The van der Waals surface area contributed by atoms with E-state index in [2.05, 4.69) is 15.8 Å². The molecule has 3 aromatic rings. The van der Waals surface area contributed by atoms with E-state index in [0.717, 1.165) is 0 Å². The third kappa shape index (κ3) is 6.55. The Balaban J connectivity index is 1.60. The van der Waals surface area contributed by atoms with Gasteiger partial charge in [-0.15, -0.1) is 0 Å². The molecule has 0 fully saturated rings. The molecule has 0 aliphatic rings. The zero-order valence-electron chi connectivity index (χ0n) is 17.6. The summed E-state index contributed by atoms with van der Waals surface area (Å²) in [5, 5.41) is 7.51. The van der Waals surface area contributed by atoms with Gasteiger partial charge in [0, 0.05) is 15.6 Å². The number of halogens is 4. The number of amides is 2. The van der Waals surface area contributed by atoms with Gasteiger partial charge in [0.25, 0.3) is 0 Å². The summed E-state index contributed by atoms with van der Waals surface area (Å²) in [6, 6.07) is 14.8. The highest BCUT2D eigenvalue weighted by molar-refractivity contribution is 6.45. The van der Waals surface area contributed by atoms with Crippen LogP contribution in [0.15, 0.2) is 59.7 Å². The lowest BCUT2D eigenvalue weighted by atomic mass is 10.2. The molecule has 0 aromatic heterocycles. The first kappa shape index (κ1) is 25.6. The molecular weight excluding hydrogens is 524 g/mol. The normalized spacial score (nSPS) is 10.7. The lowest BCUT2D eigenvalue weighted by Crippen LogP contribution is -2.32. The van der Waals surface area contributed by atoms with Crippen LogP contribution in [0.1, 0.15) is 11.1 Å². The minimum Gasteiger partial charge on any atom is -0.493 e. The predicted octanol–water partition coefficient (Wildman–Crippen LogP) is 5.98. The third-order valence-corrected chi connectivity index (χ3v) is 5.93. The number of benzene rings is 3. The third-order valence-electron chi connectivity index (χ3n) is 4.41. The topological polar surface area (TPSA) is 89.0 Å². The van der Waals surface area contributed by atoms with Gasteiger partial charge in [0.1, 0.15) is 6.61 Å². The monoisotopic (exact) mass is 539 g/mol. The number of anilines is 1. The highest BCUT2D eigenvalue weighted by Gasteiger charge is 2.15. The predicted molar refractivity (Wildman–Crippen MR) is 135 cm³/mol. The van der Waals surface area contributed by atoms with Crippen LogP contribution >= 0.6 is 46.4 Å². The first-order valence-corrected chi connectivity index (χ1v) is 11.1. The second kappa shape index (κ2) is 11.9. The van der Waals surface area contributed by atoms with Gasteiger partial charge in [-0.2, -0.15) is 5.10 Å². The fraction of sp³-hybridized carbons (Fsp3) is 0.0870. The number of hydrogen-bond acceptors (Lipinski definition) is 5. The van der Waals surface area contributed by atoms with Gasteiger partial charge in [-0.25, -0.2) is 5.43 Å². The second-order valence-electron chi connectivity index (χ2n) is 6.65. The Morgan fingerprint density at radius 1 is 0.912 bits per heavy atom. The summed E-state index contributed by atoms with van der Waals surface area (Å²) in [5.41, 5.74) is 3.58. The molecule has 0 atom stereocenters. The lowest BCUT2D eigenvalue weighted by Gasteiger charge is -2.13. The molecule has 0 spiro atoms. The van der Waals surface area contributed by atoms with Crippen molar-refractivity contribution in [2.24, 2.45) is 5.10 Å². The largest absolute Gasteiger partial charge is 0.493 e. The minimum atomic E-state index is -0.990. The number of carbonyl (C=O) groups is 2. The van der Waals surface area contributed by atoms with E-state index in [0.29, 0.717) is 32.7 Å². The number of nitrogens with zero attached hydrogens (tertiary/aromatic N) is 1. The van der Waals surface area contributed by atoms with Gasteiger partial charge in [-0.3, -0.25) is 9.59 Å². The Bertz CT molecular complexity index is 1230. The molecule has 11 heteroatoms. The van der Waals surface area contributed by atoms with Crippen molar-refractivity contribution >= 4 is 70.1 Å². The van der Waals surface area contributed by atoms with Crippen molar-refractivity contribution in [3.05, 3.63) is 85.8 Å². The van der Waals surface area contributed by atoms with Gasteiger partial charge < -0.3 is 14.8 Å². The van der Waals surface area contributed by atoms with Crippen molar-refractivity contribution in [1.29, 1.82) is 0 Å². The van der Waals surface area contributed by atoms with Gasteiger partial charge in [-0.1, -0.05) is 58.5 Å². The van der Waals surface area contributed by atoms with Gasteiger partial charge >= 0.3 is 11.8 Å². The second-order valence-corrected chi connectivity index (χ2v) is 8.25. The molecule has 3 aromatic carbocycles. The molecule has 0 heterocycles. The molecular formula is C23H17Cl4N3O4. The maximum atomic E-state index is 12.0. The minimum absolute atomic E-state index is 0.125. The molecule has 0 radical (unpaired) electrons. The van der Waals surface area contributed by atoms with Gasteiger partial charge in [-0.05, 0) is 48.0 Å². The van der Waals surface area contributed by atoms with Crippen LogP contribution < -0.4 is 20.2 Å². The summed E-state index contributed by atoms with van der Waals surface area (Å²) < 4.78 is 11.2. The van der Waals surface area contributed by atoms with Gasteiger partial charge in [0.2, 0.25) is 0 Å². The summed E-state index contributed by atoms with van der Waals surface area (Å²) in [4.78, 5) is 24.1. The van der Waals surface area contributed by atoms with E-state index in [-0.39, 0.29) is 22.3 Å². The first-order chi connectivity index (χ1) is 16.3. The van der Waals surface area contributed by atoms with Crippen LogP contribution in [-0.4, -0.2) is 25.1 Å². The molecule has 7 nitrogen and oxygen atoms in total. The smallest absolute Gasteiger partial charge is 0.329 e. The summed E-state index contributed by atoms with van der Waals surface area (Å²) in [5.74, 6) is -1.07. The maximum absolute atomic E-state index is 12.0. The Labute approximate surface area is 215 Å². The van der Waals surface area contributed by atoms with Crippen LogP contribution in [0.3, 0.4) is 0 Å². The van der Waals surface area contributed by atoms with Crippen LogP contribution in [0.25, 0.3) is 0 Å². The van der Waals surface area contributed by atoms with Crippen molar-refractivity contribution < 1.29 is 19.1 Å². The molecule has 0 saturated heterocycles. The Morgan fingerprint density at radius 2 is 1.59 bits per heavy atom. The molecule has 2 amide bonds. The van der Waals surface area contributed by atoms with Crippen molar-refractivity contribution in [3.8, 4) is 11.5 Å². The molecule has 0 aliphatic heterocycles. The number of hydrazone groups is 1. The fourth-order valence-electron chi connectivity index (χ4n) is 2.70. The summed E-state index contributed by atoms with van der Waals surface area (Å²) >= 11 is 24.2. The molecule has 176 valence electrons. The van der Waals surface area contributed by atoms with Crippen LogP contribution in [0.2, 0.25) is 20.1 Å². The molecule has 2 N–H and O–H groups in total. The van der Waals surface area contributed by atoms with Gasteiger partial charge in [0.05, 0.1) is 29.1 Å². The number of ether oxygens (including phenoxy) is 2. The van der Waals surface area contributed by atoms with Crippen LogP contribution in [0, 0.1) is 0 Å². The van der Waals surface area contributed by atoms with E-state index in [9.17, 15) is 9.59 Å². The Morgan fingerprint density at radius 3 is 2.29 bits per heavy atom. The highest BCUT2D eigenvalue weighted by Crippen LogP contribution is 2.31. The van der Waals surface area contributed by atoms with E-state index in [4.69, 9.17) is 55.9 Å².